The standard InChI is InChI=1S/C15H17ClS/c1-9-11(3)17-12(4)15(9)10(2)13-5-7-14(16)8-6-13/h5-8,10H,1-4H3. The SMILES string of the molecule is Cc1sc(C)c(C(C)c2ccc(Cl)cc2)c1C. The Kier molecular flexibility index (Phi) is 3.60. The van der Waals surface area contributed by atoms with Crippen molar-refractivity contribution in [1.29, 1.82) is 0 Å². The van der Waals surface area contributed by atoms with E-state index in [0.717, 1.165) is 5.02 Å². The predicted molar refractivity (Wildman–Crippen MR) is 77.5 cm³/mol. The highest BCUT2D eigenvalue weighted by Gasteiger charge is 2.17. The van der Waals surface area contributed by atoms with Crippen molar-refractivity contribution in [2.75, 3.05) is 0 Å². The third-order valence-electron chi connectivity index (χ3n) is 3.42. The molecule has 0 nitrogen and oxygen atoms in total. The van der Waals surface area contributed by atoms with Crippen LogP contribution in [0.1, 0.15) is 39.3 Å². The van der Waals surface area contributed by atoms with Crippen molar-refractivity contribution in [2.45, 2.75) is 33.6 Å². The second-order valence-electron chi connectivity index (χ2n) is 4.53. The molecule has 0 fully saturated rings. The van der Waals surface area contributed by atoms with Gasteiger partial charge in [0.15, 0.2) is 0 Å². The van der Waals surface area contributed by atoms with Crippen LogP contribution in [0.3, 0.4) is 0 Å². The molecule has 1 unspecified atom stereocenters. The quantitative estimate of drug-likeness (QED) is 0.674. The predicted octanol–water partition coefficient (Wildman–Crippen LogP) is 5.48. The molecule has 1 atom stereocenters. The van der Waals surface area contributed by atoms with Crippen molar-refractivity contribution < 1.29 is 0 Å². The van der Waals surface area contributed by atoms with E-state index in [0.29, 0.717) is 5.92 Å². The molecule has 0 saturated heterocycles. The Morgan fingerprint density at radius 1 is 1.00 bits per heavy atom. The third-order valence-corrected chi connectivity index (χ3v) is 4.81. The van der Waals surface area contributed by atoms with Crippen molar-refractivity contribution in [3.63, 3.8) is 0 Å². The van der Waals surface area contributed by atoms with Gasteiger partial charge in [0.05, 0.1) is 0 Å². The van der Waals surface area contributed by atoms with Crippen LogP contribution in [0.2, 0.25) is 5.02 Å². The zero-order valence-corrected chi connectivity index (χ0v) is 12.2. The highest BCUT2D eigenvalue weighted by atomic mass is 35.5. The van der Waals surface area contributed by atoms with Crippen LogP contribution in [0.15, 0.2) is 24.3 Å². The van der Waals surface area contributed by atoms with Gasteiger partial charge in [0.25, 0.3) is 0 Å². The molecule has 0 aliphatic heterocycles. The minimum Gasteiger partial charge on any atom is -0.145 e. The van der Waals surface area contributed by atoms with Gasteiger partial charge in [0.1, 0.15) is 0 Å². The zero-order valence-electron chi connectivity index (χ0n) is 10.7. The summed E-state index contributed by atoms with van der Waals surface area (Å²) in [7, 11) is 0. The summed E-state index contributed by atoms with van der Waals surface area (Å²) in [6, 6.07) is 8.19. The van der Waals surface area contributed by atoms with Crippen LogP contribution in [0.4, 0.5) is 0 Å². The van der Waals surface area contributed by atoms with Gasteiger partial charge in [-0.2, -0.15) is 0 Å². The smallest absolute Gasteiger partial charge is 0.0406 e. The first kappa shape index (κ1) is 12.7. The summed E-state index contributed by atoms with van der Waals surface area (Å²) in [6.07, 6.45) is 0. The number of rotatable bonds is 2. The molecule has 1 aromatic heterocycles. The third kappa shape index (κ3) is 2.41. The molecule has 0 aliphatic rings. The monoisotopic (exact) mass is 264 g/mol. The molecule has 1 aromatic carbocycles. The minimum absolute atomic E-state index is 0.442. The Balaban J connectivity index is 2.43. The summed E-state index contributed by atoms with van der Waals surface area (Å²) in [5, 5.41) is 0.802. The molecule has 0 spiro atoms. The average Bonchev–Trinajstić information content (AvgIpc) is 2.53. The Hall–Kier alpha value is -0.790. The van der Waals surface area contributed by atoms with E-state index in [4.69, 9.17) is 11.6 Å². The fourth-order valence-electron chi connectivity index (χ4n) is 2.36. The summed E-state index contributed by atoms with van der Waals surface area (Å²) in [5.41, 5.74) is 4.25. The lowest BCUT2D eigenvalue weighted by Gasteiger charge is -2.14. The maximum Gasteiger partial charge on any atom is 0.0406 e. The molecule has 90 valence electrons. The molecule has 2 heteroatoms. The van der Waals surface area contributed by atoms with Crippen molar-refractivity contribution in [3.05, 3.63) is 55.7 Å². The van der Waals surface area contributed by atoms with E-state index in [2.05, 4.69) is 39.8 Å². The molecule has 0 amide bonds. The molecular weight excluding hydrogens is 248 g/mol. The molecular formula is C15H17ClS. The van der Waals surface area contributed by atoms with Crippen molar-refractivity contribution >= 4 is 22.9 Å². The minimum atomic E-state index is 0.442. The topological polar surface area (TPSA) is 0 Å². The highest BCUT2D eigenvalue weighted by molar-refractivity contribution is 7.12. The van der Waals surface area contributed by atoms with Crippen LogP contribution in [-0.2, 0) is 0 Å². The summed E-state index contributed by atoms with van der Waals surface area (Å²) in [4.78, 5) is 2.86. The molecule has 0 N–H and O–H groups in total. The van der Waals surface area contributed by atoms with E-state index in [9.17, 15) is 0 Å². The van der Waals surface area contributed by atoms with Gasteiger partial charge in [-0.3, -0.25) is 0 Å². The molecule has 0 bridgehead atoms. The molecule has 0 saturated carbocycles. The zero-order chi connectivity index (χ0) is 12.6. The maximum absolute atomic E-state index is 5.93. The van der Waals surface area contributed by atoms with Crippen molar-refractivity contribution in [1.82, 2.24) is 0 Å². The number of hydrogen-bond donors (Lipinski definition) is 0. The number of hydrogen-bond acceptors (Lipinski definition) is 1. The molecule has 2 aromatic rings. The lowest BCUT2D eigenvalue weighted by molar-refractivity contribution is 0.907. The van der Waals surface area contributed by atoms with E-state index in [1.807, 2.05) is 23.5 Å². The van der Waals surface area contributed by atoms with Gasteiger partial charge in [-0.15, -0.1) is 11.3 Å². The highest BCUT2D eigenvalue weighted by Crippen LogP contribution is 2.36. The first-order chi connectivity index (χ1) is 8.00. The Bertz CT molecular complexity index is 523. The van der Waals surface area contributed by atoms with Crippen molar-refractivity contribution in [3.8, 4) is 0 Å². The lowest BCUT2D eigenvalue weighted by atomic mass is 9.90. The van der Waals surface area contributed by atoms with Crippen LogP contribution in [-0.4, -0.2) is 0 Å². The molecule has 2 rings (SSSR count). The van der Waals surface area contributed by atoms with E-state index >= 15 is 0 Å². The lowest BCUT2D eigenvalue weighted by Crippen LogP contribution is -1.98. The Morgan fingerprint density at radius 2 is 1.59 bits per heavy atom. The largest absolute Gasteiger partial charge is 0.145 e. The maximum atomic E-state index is 5.93. The first-order valence-corrected chi connectivity index (χ1v) is 7.02. The van der Waals surface area contributed by atoms with E-state index < -0.39 is 0 Å². The van der Waals surface area contributed by atoms with Gasteiger partial charge in [-0.1, -0.05) is 30.7 Å². The van der Waals surface area contributed by atoms with Crippen molar-refractivity contribution in [2.24, 2.45) is 0 Å². The number of halogens is 1. The second kappa shape index (κ2) is 4.83. The van der Waals surface area contributed by atoms with Crippen LogP contribution in [0.25, 0.3) is 0 Å². The second-order valence-corrected chi connectivity index (χ2v) is 6.39. The van der Waals surface area contributed by atoms with Gasteiger partial charge < -0.3 is 0 Å². The fourth-order valence-corrected chi connectivity index (χ4v) is 3.65. The van der Waals surface area contributed by atoms with Gasteiger partial charge in [0.2, 0.25) is 0 Å². The number of aryl methyl sites for hydroxylation is 2. The summed E-state index contributed by atoms with van der Waals surface area (Å²) < 4.78 is 0. The Morgan fingerprint density at radius 3 is 2.06 bits per heavy atom. The average molecular weight is 265 g/mol. The molecule has 0 radical (unpaired) electrons. The van der Waals surface area contributed by atoms with Gasteiger partial charge in [-0.25, -0.2) is 0 Å². The summed E-state index contributed by atoms with van der Waals surface area (Å²) >= 11 is 7.83. The van der Waals surface area contributed by atoms with Gasteiger partial charge >= 0.3 is 0 Å². The van der Waals surface area contributed by atoms with Gasteiger partial charge in [0, 0.05) is 20.7 Å². The molecule has 0 aliphatic carbocycles. The number of benzene rings is 1. The Labute approximate surface area is 112 Å². The van der Waals surface area contributed by atoms with E-state index in [1.165, 1.54) is 26.4 Å². The first-order valence-electron chi connectivity index (χ1n) is 5.82. The summed E-state index contributed by atoms with van der Waals surface area (Å²) in [5.74, 6) is 0.442. The van der Waals surface area contributed by atoms with Crippen LogP contribution >= 0.6 is 22.9 Å². The fraction of sp³-hybridized carbons (Fsp3) is 0.333. The van der Waals surface area contributed by atoms with Crippen LogP contribution in [0.5, 0.6) is 0 Å². The molecule has 1 heterocycles. The van der Waals surface area contributed by atoms with Gasteiger partial charge in [-0.05, 0) is 49.6 Å². The summed E-state index contributed by atoms with van der Waals surface area (Å²) in [6.45, 7) is 8.91. The number of thiophene rings is 1. The molecule has 17 heavy (non-hydrogen) atoms. The van der Waals surface area contributed by atoms with E-state index in [1.54, 1.807) is 0 Å². The van der Waals surface area contributed by atoms with Crippen LogP contribution in [0, 0.1) is 20.8 Å². The normalized spacial score (nSPS) is 12.8. The van der Waals surface area contributed by atoms with Crippen LogP contribution < -0.4 is 0 Å². The van der Waals surface area contributed by atoms with E-state index in [-0.39, 0.29) is 0 Å².